The standard InChI is InChI=1S/C22H25NO4/c1-22(2,3)27-21(25)23-11-10-19(23)15-26-20-9-5-8-18(13-20)17-7-4-6-16(12-17)14-24/h4-9,12-14,19H,10-11,15H2,1-3H3. The molecule has 1 fully saturated rings. The van der Waals surface area contributed by atoms with Gasteiger partial charge in [0.25, 0.3) is 0 Å². The number of amides is 1. The second-order valence-corrected chi connectivity index (χ2v) is 7.70. The van der Waals surface area contributed by atoms with E-state index >= 15 is 0 Å². The van der Waals surface area contributed by atoms with Crippen molar-refractivity contribution in [3.8, 4) is 16.9 Å². The molecule has 1 amide bonds. The average molecular weight is 367 g/mol. The molecule has 1 aliphatic rings. The van der Waals surface area contributed by atoms with Crippen molar-refractivity contribution in [1.29, 1.82) is 0 Å². The average Bonchev–Trinajstić information content (AvgIpc) is 2.59. The predicted molar refractivity (Wildman–Crippen MR) is 104 cm³/mol. The van der Waals surface area contributed by atoms with E-state index in [-0.39, 0.29) is 12.1 Å². The summed E-state index contributed by atoms with van der Waals surface area (Å²) in [5.41, 5.74) is 2.09. The van der Waals surface area contributed by atoms with Crippen LogP contribution in [0, 0.1) is 0 Å². The maximum absolute atomic E-state index is 12.2. The fraction of sp³-hybridized carbons (Fsp3) is 0.364. The van der Waals surface area contributed by atoms with E-state index in [4.69, 9.17) is 9.47 Å². The van der Waals surface area contributed by atoms with Crippen molar-refractivity contribution in [3.63, 3.8) is 0 Å². The third-order valence-corrected chi connectivity index (χ3v) is 4.40. The summed E-state index contributed by atoms with van der Waals surface area (Å²) in [4.78, 5) is 24.9. The summed E-state index contributed by atoms with van der Waals surface area (Å²) in [5.74, 6) is 0.736. The number of aldehydes is 1. The van der Waals surface area contributed by atoms with Crippen LogP contribution in [0.3, 0.4) is 0 Å². The zero-order chi connectivity index (χ0) is 19.4. The molecular formula is C22H25NO4. The summed E-state index contributed by atoms with van der Waals surface area (Å²) < 4.78 is 11.3. The van der Waals surface area contributed by atoms with E-state index in [9.17, 15) is 9.59 Å². The topological polar surface area (TPSA) is 55.8 Å². The van der Waals surface area contributed by atoms with Crippen LogP contribution in [0.5, 0.6) is 5.75 Å². The summed E-state index contributed by atoms with van der Waals surface area (Å²) in [7, 11) is 0. The van der Waals surface area contributed by atoms with Crippen LogP contribution < -0.4 is 4.74 Å². The molecule has 2 aromatic carbocycles. The molecular weight excluding hydrogens is 342 g/mol. The maximum Gasteiger partial charge on any atom is 0.410 e. The van der Waals surface area contributed by atoms with Crippen molar-refractivity contribution >= 4 is 12.4 Å². The van der Waals surface area contributed by atoms with Gasteiger partial charge in [-0.2, -0.15) is 0 Å². The second kappa shape index (κ2) is 7.82. The summed E-state index contributed by atoms with van der Waals surface area (Å²) in [6.07, 6.45) is 1.45. The Morgan fingerprint density at radius 1 is 1.15 bits per heavy atom. The number of rotatable bonds is 5. The Morgan fingerprint density at radius 3 is 2.48 bits per heavy atom. The molecule has 1 saturated heterocycles. The van der Waals surface area contributed by atoms with Gasteiger partial charge in [0.2, 0.25) is 0 Å². The molecule has 0 aromatic heterocycles. The van der Waals surface area contributed by atoms with Gasteiger partial charge in [-0.25, -0.2) is 4.79 Å². The van der Waals surface area contributed by atoms with Gasteiger partial charge < -0.3 is 14.4 Å². The van der Waals surface area contributed by atoms with Crippen molar-refractivity contribution in [2.75, 3.05) is 13.2 Å². The highest BCUT2D eigenvalue weighted by Crippen LogP contribution is 2.26. The molecule has 0 spiro atoms. The zero-order valence-electron chi connectivity index (χ0n) is 16.0. The molecule has 0 bridgehead atoms. The molecule has 1 heterocycles. The summed E-state index contributed by atoms with van der Waals surface area (Å²) >= 11 is 0. The Hall–Kier alpha value is -2.82. The van der Waals surface area contributed by atoms with Crippen molar-refractivity contribution < 1.29 is 19.1 Å². The number of benzene rings is 2. The van der Waals surface area contributed by atoms with E-state index in [1.807, 2.05) is 63.2 Å². The molecule has 2 aromatic rings. The smallest absolute Gasteiger partial charge is 0.410 e. The van der Waals surface area contributed by atoms with Crippen LogP contribution in [-0.2, 0) is 4.74 Å². The highest BCUT2D eigenvalue weighted by atomic mass is 16.6. The molecule has 0 N–H and O–H groups in total. The van der Waals surface area contributed by atoms with Gasteiger partial charge in [-0.1, -0.05) is 30.3 Å². The first-order valence-electron chi connectivity index (χ1n) is 9.14. The zero-order valence-corrected chi connectivity index (χ0v) is 16.0. The van der Waals surface area contributed by atoms with Gasteiger partial charge in [0.05, 0.1) is 6.04 Å². The Labute approximate surface area is 159 Å². The Bertz CT molecular complexity index is 825. The SMILES string of the molecule is CC(C)(C)OC(=O)N1CCC1COc1cccc(-c2cccc(C=O)c2)c1. The second-order valence-electron chi connectivity index (χ2n) is 7.70. The normalized spacial score (nSPS) is 16.4. The number of hydrogen-bond donors (Lipinski definition) is 0. The minimum absolute atomic E-state index is 0.0295. The van der Waals surface area contributed by atoms with Crippen molar-refractivity contribution in [2.45, 2.75) is 38.8 Å². The minimum Gasteiger partial charge on any atom is -0.491 e. The molecule has 1 aliphatic heterocycles. The van der Waals surface area contributed by atoms with E-state index in [0.29, 0.717) is 18.7 Å². The van der Waals surface area contributed by atoms with E-state index < -0.39 is 5.60 Å². The lowest BCUT2D eigenvalue weighted by atomic mass is 10.0. The molecule has 0 aliphatic carbocycles. The van der Waals surface area contributed by atoms with Gasteiger partial charge in [-0.15, -0.1) is 0 Å². The number of carbonyl (C=O) groups excluding carboxylic acids is 2. The van der Waals surface area contributed by atoms with Gasteiger partial charge in [0.1, 0.15) is 24.2 Å². The molecule has 1 unspecified atom stereocenters. The fourth-order valence-corrected chi connectivity index (χ4v) is 2.92. The van der Waals surface area contributed by atoms with Gasteiger partial charge in [-0.05, 0) is 56.5 Å². The van der Waals surface area contributed by atoms with Crippen LogP contribution in [0.2, 0.25) is 0 Å². The van der Waals surface area contributed by atoms with Crippen molar-refractivity contribution in [1.82, 2.24) is 4.90 Å². The summed E-state index contributed by atoms with van der Waals surface area (Å²) in [6.45, 7) is 6.71. The molecule has 0 saturated carbocycles. The largest absolute Gasteiger partial charge is 0.491 e. The number of ether oxygens (including phenoxy) is 2. The lowest BCUT2D eigenvalue weighted by Gasteiger charge is -2.41. The lowest BCUT2D eigenvalue weighted by Crippen LogP contribution is -2.55. The quantitative estimate of drug-likeness (QED) is 0.727. The Morgan fingerprint density at radius 2 is 1.85 bits per heavy atom. The Kier molecular flexibility index (Phi) is 5.49. The number of hydrogen-bond acceptors (Lipinski definition) is 4. The first kappa shape index (κ1) is 19.0. The van der Waals surface area contributed by atoms with Gasteiger partial charge in [0, 0.05) is 12.1 Å². The van der Waals surface area contributed by atoms with E-state index in [2.05, 4.69) is 0 Å². The maximum atomic E-state index is 12.2. The van der Waals surface area contributed by atoms with Crippen LogP contribution in [0.4, 0.5) is 4.79 Å². The third-order valence-electron chi connectivity index (χ3n) is 4.40. The molecule has 142 valence electrons. The molecule has 3 rings (SSSR count). The van der Waals surface area contributed by atoms with Gasteiger partial charge in [0.15, 0.2) is 0 Å². The first-order chi connectivity index (χ1) is 12.9. The molecule has 5 nitrogen and oxygen atoms in total. The Balaban J connectivity index is 1.62. The van der Waals surface area contributed by atoms with Crippen LogP contribution in [0.1, 0.15) is 37.6 Å². The number of carbonyl (C=O) groups is 2. The van der Waals surface area contributed by atoms with E-state index in [1.54, 1.807) is 11.0 Å². The van der Waals surface area contributed by atoms with Gasteiger partial charge in [-0.3, -0.25) is 4.79 Å². The predicted octanol–water partition coefficient (Wildman–Crippen LogP) is 4.55. The van der Waals surface area contributed by atoms with Crippen molar-refractivity contribution in [3.05, 3.63) is 54.1 Å². The summed E-state index contributed by atoms with van der Waals surface area (Å²) in [5, 5.41) is 0. The highest BCUT2D eigenvalue weighted by molar-refractivity contribution is 5.79. The van der Waals surface area contributed by atoms with E-state index in [1.165, 1.54) is 0 Å². The summed E-state index contributed by atoms with van der Waals surface area (Å²) in [6, 6.07) is 15.2. The first-order valence-corrected chi connectivity index (χ1v) is 9.14. The minimum atomic E-state index is -0.498. The molecule has 0 radical (unpaired) electrons. The molecule has 27 heavy (non-hydrogen) atoms. The van der Waals surface area contributed by atoms with Crippen LogP contribution in [0.25, 0.3) is 11.1 Å². The van der Waals surface area contributed by atoms with Crippen LogP contribution in [-0.4, -0.2) is 42.1 Å². The number of nitrogens with zero attached hydrogens (tertiary/aromatic N) is 1. The molecule has 5 heteroatoms. The van der Waals surface area contributed by atoms with Crippen LogP contribution in [0.15, 0.2) is 48.5 Å². The third kappa shape index (κ3) is 4.88. The van der Waals surface area contributed by atoms with Gasteiger partial charge >= 0.3 is 6.09 Å². The number of likely N-dealkylation sites (tertiary alicyclic amines) is 1. The lowest BCUT2D eigenvalue weighted by molar-refractivity contribution is -0.0141. The monoisotopic (exact) mass is 367 g/mol. The molecule has 1 atom stereocenters. The van der Waals surface area contributed by atoms with E-state index in [0.717, 1.165) is 29.6 Å². The van der Waals surface area contributed by atoms with Crippen molar-refractivity contribution in [2.24, 2.45) is 0 Å². The highest BCUT2D eigenvalue weighted by Gasteiger charge is 2.35. The fourth-order valence-electron chi connectivity index (χ4n) is 2.92. The van der Waals surface area contributed by atoms with Crippen LogP contribution >= 0.6 is 0 Å².